The molecule has 1 fully saturated rings. The second kappa shape index (κ2) is 6.19. The lowest BCUT2D eigenvalue weighted by Crippen LogP contribution is -2.28. The number of nitroso groups, excluding NO2 is 1. The van der Waals surface area contributed by atoms with Gasteiger partial charge in [0.1, 0.15) is 6.54 Å². The Kier molecular flexibility index (Phi) is 4.53. The van der Waals surface area contributed by atoms with E-state index in [1.165, 1.54) is 28.6 Å². The van der Waals surface area contributed by atoms with Gasteiger partial charge in [-0.05, 0) is 37.1 Å². The van der Waals surface area contributed by atoms with Crippen LogP contribution >= 0.6 is 0 Å². The van der Waals surface area contributed by atoms with E-state index in [9.17, 15) is 18.1 Å². The lowest BCUT2D eigenvalue weighted by atomic mass is 10.3. The van der Waals surface area contributed by atoms with Crippen LogP contribution in [0.4, 0.5) is 5.69 Å². The monoisotopic (exact) mass is 313 g/mol. The van der Waals surface area contributed by atoms with Crippen molar-refractivity contribution in [2.75, 3.05) is 24.6 Å². The third kappa shape index (κ3) is 3.37. The first-order valence-corrected chi connectivity index (χ1v) is 7.82. The quantitative estimate of drug-likeness (QED) is 0.621. The average molecular weight is 313 g/mol. The summed E-state index contributed by atoms with van der Waals surface area (Å²) in [6.45, 7) is 0.429. The number of aliphatic carboxylic acids is 1. The molecule has 1 aliphatic rings. The van der Waals surface area contributed by atoms with Gasteiger partial charge < -0.3 is 5.11 Å². The molecule has 0 amide bonds. The topological polar surface area (TPSA) is 107 Å². The Morgan fingerprint density at radius 2 is 1.81 bits per heavy atom. The van der Waals surface area contributed by atoms with E-state index in [2.05, 4.69) is 5.29 Å². The molecule has 0 bridgehead atoms. The summed E-state index contributed by atoms with van der Waals surface area (Å²) in [5.74, 6) is -1.21. The molecule has 114 valence electrons. The highest BCUT2D eigenvalue weighted by molar-refractivity contribution is 7.89. The van der Waals surface area contributed by atoms with Gasteiger partial charge in [0.05, 0.1) is 15.9 Å². The third-order valence-electron chi connectivity index (χ3n) is 3.22. The van der Waals surface area contributed by atoms with Crippen LogP contribution in [0.1, 0.15) is 12.8 Å². The van der Waals surface area contributed by atoms with Gasteiger partial charge in [-0.15, -0.1) is 4.91 Å². The summed E-state index contributed by atoms with van der Waals surface area (Å²) in [5, 5.41) is 12.0. The van der Waals surface area contributed by atoms with Crippen LogP contribution in [0.5, 0.6) is 0 Å². The standard InChI is InChI=1S/C12H15N3O5S/c16-12(17)9-15(13-18)10-3-5-11(6-4-10)21(19,20)14-7-1-2-8-14/h3-6H,1-2,7-9H2,(H,16,17). The highest BCUT2D eigenvalue weighted by atomic mass is 32.2. The summed E-state index contributed by atoms with van der Waals surface area (Å²) >= 11 is 0. The number of anilines is 1. The van der Waals surface area contributed by atoms with Gasteiger partial charge in [0.15, 0.2) is 0 Å². The molecule has 0 aliphatic carbocycles. The summed E-state index contributed by atoms with van der Waals surface area (Å²) in [6.07, 6.45) is 1.69. The Balaban J connectivity index is 2.22. The lowest BCUT2D eigenvalue weighted by molar-refractivity contribution is -0.135. The second-order valence-electron chi connectivity index (χ2n) is 4.64. The van der Waals surface area contributed by atoms with E-state index in [1.54, 1.807) is 0 Å². The van der Waals surface area contributed by atoms with E-state index in [4.69, 9.17) is 5.11 Å². The maximum Gasteiger partial charge on any atom is 0.325 e. The van der Waals surface area contributed by atoms with E-state index in [-0.39, 0.29) is 10.6 Å². The van der Waals surface area contributed by atoms with Gasteiger partial charge >= 0.3 is 5.97 Å². The number of sulfonamides is 1. The Morgan fingerprint density at radius 3 is 2.29 bits per heavy atom. The molecule has 0 unspecified atom stereocenters. The number of hydrogen-bond acceptors (Lipinski definition) is 5. The highest BCUT2D eigenvalue weighted by Gasteiger charge is 2.27. The molecule has 0 saturated carbocycles. The van der Waals surface area contributed by atoms with E-state index < -0.39 is 22.5 Å². The molecule has 0 radical (unpaired) electrons. The van der Waals surface area contributed by atoms with Gasteiger partial charge in [-0.3, -0.25) is 4.79 Å². The number of carboxylic acid groups (broad SMARTS) is 1. The fourth-order valence-corrected chi connectivity index (χ4v) is 3.68. The van der Waals surface area contributed by atoms with E-state index in [0.29, 0.717) is 13.1 Å². The summed E-state index contributed by atoms with van der Waals surface area (Å²) in [6, 6.07) is 5.44. The normalized spacial score (nSPS) is 15.8. The molecule has 0 spiro atoms. The molecular formula is C12H15N3O5S. The summed E-state index contributed by atoms with van der Waals surface area (Å²) < 4.78 is 26.0. The van der Waals surface area contributed by atoms with Crippen LogP contribution in [0, 0.1) is 4.91 Å². The van der Waals surface area contributed by atoms with Gasteiger partial charge in [0, 0.05) is 13.1 Å². The summed E-state index contributed by atoms with van der Waals surface area (Å²) in [5.41, 5.74) is 0.229. The van der Waals surface area contributed by atoms with Gasteiger partial charge in [-0.2, -0.15) is 4.31 Å². The Hall–Kier alpha value is -2.00. The zero-order valence-corrected chi connectivity index (χ0v) is 12.0. The zero-order chi connectivity index (χ0) is 15.5. The largest absolute Gasteiger partial charge is 0.480 e. The maximum absolute atomic E-state index is 12.3. The molecular weight excluding hydrogens is 298 g/mol. The van der Waals surface area contributed by atoms with Crippen molar-refractivity contribution in [1.82, 2.24) is 4.31 Å². The Labute approximate surface area is 122 Å². The molecule has 2 rings (SSSR count). The summed E-state index contributed by atoms with van der Waals surface area (Å²) in [7, 11) is -3.52. The van der Waals surface area contributed by atoms with E-state index in [1.807, 2.05) is 0 Å². The predicted molar refractivity (Wildman–Crippen MR) is 75.2 cm³/mol. The molecule has 0 atom stereocenters. The maximum atomic E-state index is 12.3. The van der Waals surface area contributed by atoms with Crippen LogP contribution in [0.2, 0.25) is 0 Å². The van der Waals surface area contributed by atoms with Crippen molar-refractivity contribution in [2.24, 2.45) is 5.29 Å². The van der Waals surface area contributed by atoms with Gasteiger partial charge in [0.25, 0.3) is 0 Å². The molecule has 1 heterocycles. The summed E-state index contributed by atoms with van der Waals surface area (Å²) in [4.78, 5) is 21.3. The van der Waals surface area contributed by atoms with Gasteiger partial charge in [-0.25, -0.2) is 13.4 Å². The van der Waals surface area contributed by atoms with Crippen molar-refractivity contribution in [3.05, 3.63) is 29.2 Å². The minimum absolute atomic E-state index is 0.120. The van der Waals surface area contributed by atoms with Crippen molar-refractivity contribution in [3.8, 4) is 0 Å². The van der Waals surface area contributed by atoms with Crippen LogP contribution in [0.15, 0.2) is 34.4 Å². The molecule has 1 N–H and O–H groups in total. The van der Waals surface area contributed by atoms with Crippen molar-refractivity contribution in [1.29, 1.82) is 0 Å². The van der Waals surface area contributed by atoms with Crippen LogP contribution < -0.4 is 5.01 Å². The third-order valence-corrected chi connectivity index (χ3v) is 5.13. The molecule has 0 aromatic heterocycles. The molecule has 9 heteroatoms. The fraction of sp³-hybridized carbons (Fsp3) is 0.417. The van der Waals surface area contributed by atoms with Gasteiger partial charge in [0.2, 0.25) is 10.0 Å². The molecule has 1 aromatic rings. The first-order valence-electron chi connectivity index (χ1n) is 6.38. The zero-order valence-electron chi connectivity index (χ0n) is 11.2. The first kappa shape index (κ1) is 15.4. The van der Waals surface area contributed by atoms with Crippen LogP contribution in [0.25, 0.3) is 0 Å². The van der Waals surface area contributed by atoms with Gasteiger partial charge in [-0.1, -0.05) is 0 Å². The number of hydrogen-bond donors (Lipinski definition) is 1. The highest BCUT2D eigenvalue weighted by Crippen LogP contribution is 2.23. The lowest BCUT2D eigenvalue weighted by Gasteiger charge is -2.17. The minimum Gasteiger partial charge on any atom is -0.480 e. The minimum atomic E-state index is -3.52. The van der Waals surface area contributed by atoms with Crippen LogP contribution in [-0.2, 0) is 14.8 Å². The van der Waals surface area contributed by atoms with Crippen molar-refractivity contribution >= 4 is 21.7 Å². The average Bonchev–Trinajstić information content (AvgIpc) is 2.99. The molecule has 21 heavy (non-hydrogen) atoms. The van der Waals surface area contributed by atoms with E-state index >= 15 is 0 Å². The van der Waals surface area contributed by atoms with Crippen LogP contribution in [-0.4, -0.2) is 43.4 Å². The molecule has 1 aliphatic heterocycles. The van der Waals surface area contributed by atoms with Crippen molar-refractivity contribution in [2.45, 2.75) is 17.7 Å². The number of nitrogens with zero attached hydrogens (tertiary/aromatic N) is 3. The number of carboxylic acids is 1. The van der Waals surface area contributed by atoms with E-state index in [0.717, 1.165) is 17.9 Å². The smallest absolute Gasteiger partial charge is 0.325 e. The molecule has 8 nitrogen and oxygen atoms in total. The van der Waals surface area contributed by atoms with Crippen molar-refractivity contribution in [3.63, 3.8) is 0 Å². The Bertz CT molecular complexity index is 623. The fourth-order valence-electron chi connectivity index (χ4n) is 2.16. The SMILES string of the molecule is O=NN(CC(=O)O)c1ccc(S(=O)(=O)N2CCCC2)cc1. The number of carbonyl (C=O) groups is 1. The molecule has 1 saturated heterocycles. The first-order chi connectivity index (χ1) is 9.95. The second-order valence-corrected chi connectivity index (χ2v) is 6.58. The number of benzene rings is 1. The van der Waals surface area contributed by atoms with Crippen LogP contribution in [0.3, 0.4) is 0 Å². The Morgan fingerprint density at radius 1 is 1.24 bits per heavy atom. The van der Waals surface area contributed by atoms with Crippen molar-refractivity contribution < 1.29 is 18.3 Å². The predicted octanol–water partition coefficient (Wildman–Crippen LogP) is 1.04. The molecule has 1 aromatic carbocycles. The number of rotatable bonds is 6.